The summed E-state index contributed by atoms with van der Waals surface area (Å²) in [5.41, 5.74) is 0.170. The average Bonchev–Trinajstić information content (AvgIpc) is 2.44. The maximum atomic E-state index is 12.0. The van der Waals surface area contributed by atoms with Crippen molar-refractivity contribution in [3.05, 3.63) is 41.4 Å². The minimum atomic E-state index is -0.925. The minimum absolute atomic E-state index is 0.170. The maximum Gasteiger partial charge on any atom is 0.342 e. The lowest BCUT2D eigenvalue weighted by molar-refractivity contribution is -0.128. The molecule has 20 heavy (non-hydrogen) atoms. The Hall–Kier alpha value is -2.01. The third kappa shape index (κ3) is 4.28. The summed E-state index contributed by atoms with van der Waals surface area (Å²) < 4.78 is 10.1. The fourth-order valence-electron chi connectivity index (χ4n) is 1.43. The molecular formula is C14H16ClNO4. The van der Waals surface area contributed by atoms with Gasteiger partial charge in [-0.15, -0.1) is 6.58 Å². The Kier molecular flexibility index (Phi) is 6.06. The normalized spacial score (nSPS) is 11.3. The fraction of sp³-hybridized carbons (Fsp3) is 0.286. The van der Waals surface area contributed by atoms with Gasteiger partial charge in [-0.25, -0.2) is 4.79 Å². The minimum Gasteiger partial charge on any atom is -0.496 e. The molecule has 0 radical (unpaired) electrons. The molecule has 0 aliphatic carbocycles. The quantitative estimate of drug-likeness (QED) is 0.646. The summed E-state index contributed by atoms with van der Waals surface area (Å²) in [5, 5.41) is 2.91. The Morgan fingerprint density at radius 3 is 2.80 bits per heavy atom. The van der Waals surface area contributed by atoms with E-state index < -0.39 is 18.0 Å². The van der Waals surface area contributed by atoms with E-state index in [1.54, 1.807) is 12.1 Å². The lowest BCUT2D eigenvalue weighted by Crippen LogP contribution is -2.35. The molecule has 1 atom stereocenters. The molecule has 0 saturated carbocycles. The van der Waals surface area contributed by atoms with Crippen molar-refractivity contribution in [2.24, 2.45) is 0 Å². The third-order valence-corrected chi connectivity index (χ3v) is 2.69. The SMILES string of the molecule is C=CCNC(=O)[C@@H](C)OC(=O)c1cc(Cl)ccc1OC. The molecule has 1 N–H and O–H groups in total. The van der Waals surface area contributed by atoms with Crippen molar-refractivity contribution >= 4 is 23.5 Å². The Balaban J connectivity index is 2.78. The molecule has 0 unspecified atom stereocenters. The summed E-state index contributed by atoms with van der Waals surface area (Å²) in [6, 6.07) is 4.58. The highest BCUT2D eigenvalue weighted by Crippen LogP contribution is 2.23. The zero-order valence-electron chi connectivity index (χ0n) is 11.3. The van der Waals surface area contributed by atoms with Crippen molar-refractivity contribution in [3.8, 4) is 5.75 Å². The van der Waals surface area contributed by atoms with Gasteiger partial charge in [-0.2, -0.15) is 0 Å². The van der Waals surface area contributed by atoms with Crippen LogP contribution < -0.4 is 10.1 Å². The van der Waals surface area contributed by atoms with Gasteiger partial charge < -0.3 is 14.8 Å². The first-order valence-electron chi connectivity index (χ1n) is 5.92. The number of benzene rings is 1. The van der Waals surface area contributed by atoms with E-state index in [-0.39, 0.29) is 5.56 Å². The second-order valence-electron chi connectivity index (χ2n) is 3.93. The number of hydrogen-bond acceptors (Lipinski definition) is 4. The zero-order valence-corrected chi connectivity index (χ0v) is 12.1. The summed E-state index contributed by atoms with van der Waals surface area (Å²) >= 11 is 5.83. The molecule has 1 rings (SSSR count). The smallest absolute Gasteiger partial charge is 0.342 e. The van der Waals surface area contributed by atoms with Gasteiger partial charge in [0.1, 0.15) is 11.3 Å². The van der Waals surface area contributed by atoms with Crippen LogP contribution in [0, 0.1) is 0 Å². The summed E-state index contributed by atoms with van der Waals surface area (Å²) in [6.45, 7) is 5.27. The van der Waals surface area contributed by atoms with Crippen molar-refractivity contribution in [2.75, 3.05) is 13.7 Å². The molecule has 0 bridgehead atoms. The number of ether oxygens (including phenoxy) is 2. The van der Waals surface area contributed by atoms with Crippen LogP contribution in [0.25, 0.3) is 0 Å². The van der Waals surface area contributed by atoms with Crippen LogP contribution in [0.5, 0.6) is 5.75 Å². The first-order valence-corrected chi connectivity index (χ1v) is 6.30. The van der Waals surface area contributed by atoms with Crippen molar-refractivity contribution in [1.82, 2.24) is 5.32 Å². The van der Waals surface area contributed by atoms with E-state index in [2.05, 4.69) is 11.9 Å². The maximum absolute atomic E-state index is 12.0. The van der Waals surface area contributed by atoms with Crippen LogP contribution in [0.4, 0.5) is 0 Å². The highest BCUT2D eigenvalue weighted by atomic mass is 35.5. The van der Waals surface area contributed by atoms with Crippen molar-refractivity contribution < 1.29 is 19.1 Å². The van der Waals surface area contributed by atoms with Gasteiger partial charge >= 0.3 is 5.97 Å². The first-order chi connectivity index (χ1) is 9.49. The highest BCUT2D eigenvalue weighted by molar-refractivity contribution is 6.31. The van der Waals surface area contributed by atoms with E-state index in [9.17, 15) is 9.59 Å². The lowest BCUT2D eigenvalue weighted by Gasteiger charge is -2.14. The number of amides is 1. The number of carbonyl (C=O) groups is 2. The van der Waals surface area contributed by atoms with Gasteiger partial charge in [0.25, 0.3) is 5.91 Å². The topological polar surface area (TPSA) is 64.6 Å². The summed E-state index contributed by atoms with van der Waals surface area (Å²) in [6.07, 6.45) is 0.609. The number of hydrogen-bond donors (Lipinski definition) is 1. The Bertz CT molecular complexity index is 516. The van der Waals surface area contributed by atoms with Crippen LogP contribution in [-0.2, 0) is 9.53 Å². The monoisotopic (exact) mass is 297 g/mol. The Morgan fingerprint density at radius 2 is 2.20 bits per heavy atom. The van der Waals surface area contributed by atoms with Gasteiger partial charge in [-0.3, -0.25) is 4.79 Å². The number of esters is 1. The summed E-state index contributed by atoms with van der Waals surface area (Å²) in [7, 11) is 1.43. The third-order valence-electron chi connectivity index (χ3n) is 2.46. The summed E-state index contributed by atoms with van der Waals surface area (Å²) in [4.78, 5) is 23.6. The van der Waals surface area contributed by atoms with E-state index in [0.717, 1.165) is 0 Å². The lowest BCUT2D eigenvalue weighted by atomic mass is 10.2. The van der Waals surface area contributed by atoms with E-state index >= 15 is 0 Å². The molecule has 0 aromatic heterocycles. The number of methoxy groups -OCH3 is 1. The second kappa shape index (κ2) is 7.55. The van der Waals surface area contributed by atoms with Crippen LogP contribution in [0.2, 0.25) is 5.02 Å². The number of rotatable bonds is 6. The van der Waals surface area contributed by atoms with Crippen LogP contribution >= 0.6 is 11.6 Å². The van der Waals surface area contributed by atoms with Crippen LogP contribution in [-0.4, -0.2) is 31.6 Å². The molecule has 0 spiro atoms. The summed E-state index contributed by atoms with van der Waals surface area (Å²) in [5.74, 6) is -0.747. The van der Waals surface area contributed by atoms with E-state index in [0.29, 0.717) is 17.3 Å². The van der Waals surface area contributed by atoms with Crippen molar-refractivity contribution in [1.29, 1.82) is 0 Å². The molecule has 0 aliphatic heterocycles. The van der Waals surface area contributed by atoms with Crippen LogP contribution in [0.1, 0.15) is 17.3 Å². The molecule has 0 aliphatic rings. The van der Waals surface area contributed by atoms with Gasteiger partial charge in [0.15, 0.2) is 6.10 Å². The molecule has 0 heterocycles. The predicted molar refractivity (Wildman–Crippen MR) is 76.1 cm³/mol. The average molecular weight is 298 g/mol. The van der Waals surface area contributed by atoms with Crippen LogP contribution in [0.3, 0.4) is 0 Å². The molecule has 1 amide bonds. The second-order valence-corrected chi connectivity index (χ2v) is 4.36. The van der Waals surface area contributed by atoms with Gasteiger partial charge in [0, 0.05) is 11.6 Å². The number of nitrogens with one attached hydrogen (secondary N) is 1. The fourth-order valence-corrected chi connectivity index (χ4v) is 1.61. The predicted octanol–water partition coefficient (Wildman–Crippen LogP) is 2.20. The van der Waals surface area contributed by atoms with Gasteiger partial charge in [0.2, 0.25) is 0 Å². The van der Waals surface area contributed by atoms with E-state index in [1.165, 1.54) is 26.2 Å². The van der Waals surface area contributed by atoms with E-state index in [1.807, 2.05) is 0 Å². The van der Waals surface area contributed by atoms with Crippen molar-refractivity contribution in [2.45, 2.75) is 13.0 Å². The largest absolute Gasteiger partial charge is 0.496 e. The number of halogens is 1. The first kappa shape index (κ1) is 16.0. The van der Waals surface area contributed by atoms with Gasteiger partial charge in [-0.05, 0) is 25.1 Å². The molecule has 5 nitrogen and oxygen atoms in total. The molecule has 0 fully saturated rings. The molecular weight excluding hydrogens is 282 g/mol. The van der Waals surface area contributed by atoms with Crippen molar-refractivity contribution in [3.63, 3.8) is 0 Å². The Labute approximate surface area is 122 Å². The van der Waals surface area contributed by atoms with Gasteiger partial charge in [-0.1, -0.05) is 17.7 Å². The molecule has 6 heteroatoms. The molecule has 0 saturated heterocycles. The Morgan fingerprint density at radius 1 is 1.50 bits per heavy atom. The molecule has 108 valence electrons. The highest BCUT2D eigenvalue weighted by Gasteiger charge is 2.21. The van der Waals surface area contributed by atoms with Gasteiger partial charge in [0.05, 0.1) is 7.11 Å². The van der Waals surface area contributed by atoms with Crippen LogP contribution in [0.15, 0.2) is 30.9 Å². The number of carbonyl (C=O) groups excluding carboxylic acids is 2. The zero-order chi connectivity index (χ0) is 15.1. The van der Waals surface area contributed by atoms with E-state index in [4.69, 9.17) is 21.1 Å². The molecule has 1 aromatic carbocycles. The standard InChI is InChI=1S/C14H16ClNO4/c1-4-7-16-13(17)9(2)20-14(18)11-8-10(15)5-6-12(11)19-3/h4-6,8-9H,1,7H2,2-3H3,(H,16,17)/t9-/m1/s1. The molecule has 1 aromatic rings.